The summed E-state index contributed by atoms with van der Waals surface area (Å²) >= 11 is 0. The van der Waals surface area contributed by atoms with Gasteiger partial charge in [-0.1, -0.05) is 0 Å². The summed E-state index contributed by atoms with van der Waals surface area (Å²) in [5.41, 5.74) is 4.41. The number of fused-ring (bicyclic) bond motifs is 2. The molecule has 24 heavy (non-hydrogen) atoms. The largest absolute Gasteiger partial charge is 0.481 e. The van der Waals surface area contributed by atoms with Crippen molar-refractivity contribution in [1.82, 2.24) is 4.90 Å². The summed E-state index contributed by atoms with van der Waals surface area (Å²) in [7, 11) is 0. The number of rotatable bonds is 6. The summed E-state index contributed by atoms with van der Waals surface area (Å²) in [6.07, 6.45) is 5.21. The number of hydrogen-bond donors (Lipinski definition) is 1. The highest BCUT2D eigenvalue weighted by Crippen LogP contribution is 2.30. The Morgan fingerprint density at radius 3 is 2.62 bits per heavy atom. The van der Waals surface area contributed by atoms with Crippen molar-refractivity contribution >= 4 is 22.8 Å². The van der Waals surface area contributed by atoms with E-state index >= 15 is 0 Å². The maximum absolute atomic E-state index is 12.6. The first-order chi connectivity index (χ1) is 11.5. The highest BCUT2D eigenvalue weighted by molar-refractivity contribution is 5.89. The van der Waals surface area contributed by atoms with E-state index in [2.05, 4.69) is 12.1 Å². The van der Waals surface area contributed by atoms with E-state index in [9.17, 15) is 9.59 Å². The van der Waals surface area contributed by atoms with Crippen molar-refractivity contribution in [2.24, 2.45) is 0 Å². The van der Waals surface area contributed by atoms with E-state index in [1.54, 1.807) is 11.2 Å². The molecule has 1 aliphatic carbocycles. The fourth-order valence-corrected chi connectivity index (χ4v) is 3.44. The molecule has 128 valence electrons. The van der Waals surface area contributed by atoms with Crippen LogP contribution in [0.2, 0.25) is 0 Å². The average Bonchev–Trinajstić information content (AvgIpc) is 3.11. The molecule has 0 spiro atoms. The van der Waals surface area contributed by atoms with Gasteiger partial charge in [-0.15, -0.1) is 0 Å². The number of carboxylic acid groups (broad SMARTS) is 1. The van der Waals surface area contributed by atoms with Gasteiger partial charge in [0.2, 0.25) is 5.91 Å². The molecule has 1 aliphatic rings. The van der Waals surface area contributed by atoms with Gasteiger partial charge >= 0.3 is 5.97 Å². The van der Waals surface area contributed by atoms with E-state index in [1.165, 1.54) is 17.5 Å². The second-order valence-corrected chi connectivity index (χ2v) is 6.73. The third kappa shape index (κ3) is 3.30. The molecule has 0 bridgehead atoms. The second kappa shape index (κ2) is 6.67. The van der Waals surface area contributed by atoms with Crippen molar-refractivity contribution in [3.8, 4) is 0 Å². The molecule has 1 aromatic carbocycles. The van der Waals surface area contributed by atoms with E-state index in [0.717, 1.165) is 29.4 Å². The van der Waals surface area contributed by atoms with Gasteiger partial charge in [0.25, 0.3) is 0 Å². The summed E-state index contributed by atoms with van der Waals surface area (Å²) in [4.78, 5) is 25.1. The van der Waals surface area contributed by atoms with Gasteiger partial charge < -0.3 is 14.4 Å². The zero-order chi connectivity index (χ0) is 17.3. The third-order valence-electron chi connectivity index (χ3n) is 4.72. The van der Waals surface area contributed by atoms with Gasteiger partial charge in [0, 0.05) is 23.5 Å². The number of carbonyl (C=O) groups is 2. The van der Waals surface area contributed by atoms with Crippen LogP contribution in [0.1, 0.15) is 43.4 Å². The molecule has 2 aromatic rings. The number of furan rings is 1. The second-order valence-electron chi connectivity index (χ2n) is 6.73. The van der Waals surface area contributed by atoms with E-state index in [4.69, 9.17) is 9.52 Å². The smallest absolute Gasteiger partial charge is 0.305 e. The Bertz CT molecular complexity index is 775. The predicted octanol–water partition coefficient (Wildman–Crippen LogP) is 3.18. The zero-order valence-electron chi connectivity index (χ0n) is 14.2. The Morgan fingerprint density at radius 1 is 1.25 bits per heavy atom. The number of benzene rings is 1. The molecular weight excluding hydrogens is 306 g/mol. The minimum Gasteiger partial charge on any atom is -0.481 e. The van der Waals surface area contributed by atoms with Crippen LogP contribution in [0.5, 0.6) is 0 Å². The van der Waals surface area contributed by atoms with Crippen molar-refractivity contribution < 1.29 is 19.1 Å². The molecule has 0 fully saturated rings. The number of nitrogens with zero attached hydrogens (tertiary/aromatic N) is 1. The molecule has 5 nitrogen and oxygen atoms in total. The first-order valence-corrected chi connectivity index (χ1v) is 8.49. The van der Waals surface area contributed by atoms with Gasteiger partial charge in [-0.2, -0.15) is 0 Å². The Morgan fingerprint density at radius 2 is 1.96 bits per heavy atom. The summed E-state index contributed by atoms with van der Waals surface area (Å²) in [5.74, 6) is -0.952. The van der Waals surface area contributed by atoms with Crippen LogP contribution in [0.3, 0.4) is 0 Å². The lowest BCUT2D eigenvalue weighted by molar-refractivity contribution is -0.139. The van der Waals surface area contributed by atoms with Crippen LogP contribution in [-0.2, 0) is 28.9 Å². The van der Waals surface area contributed by atoms with E-state index in [0.29, 0.717) is 0 Å². The van der Waals surface area contributed by atoms with Gasteiger partial charge in [-0.25, -0.2) is 0 Å². The molecule has 0 saturated carbocycles. The molecule has 1 aromatic heterocycles. The van der Waals surface area contributed by atoms with Crippen LogP contribution >= 0.6 is 0 Å². The van der Waals surface area contributed by atoms with Crippen molar-refractivity contribution in [3.63, 3.8) is 0 Å². The highest BCUT2D eigenvalue weighted by Gasteiger charge is 2.21. The Labute approximate surface area is 141 Å². The van der Waals surface area contributed by atoms with Gasteiger partial charge in [-0.05, 0) is 56.4 Å². The fourth-order valence-electron chi connectivity index (χ4n) is 3.44. The Hall–Kier alpha value is -2.30. The molecule has 1 N–H and O–H groups in total. The topological polar surface area (TPSA) is 70.8 Å². The Balaban J connectivity index is 1.80. The van der Waals surface area contributed by atoms with Crippen molar-refractivity contribution in [1.29, 1.82) is 0 Å². The van der Waals surface area contributed by atoms with Crippen molar-refractivity contribution in [3.05, 3.63) is 35.1 Å². The minimum absolute atomic E-state index is 0.0285. The van der Waals surface area contributed by atoms with Crippen molar-refractivity contribution in [2.45, 2.75) is 52.0 Å². The molecule has 0 saturated heterocycles. The van der Waals surface area contributed by atoms with Gasteiger partial charge in [0.1, 0.15) is 5.58 Å². The summed E-state index contributed by atoms with van der Waals surface area (Å²) in [6.45, 7) is 4.04. The minimum atomic E-state index is -0.891. The van der Waals surface area contributed by atoms with E-state index < -0.39 is 5.97 Å². The number of hydrogen-bond acceptors (Lipinski definition) is 3. The number of amides is 1. The fraction of sp³-hybridized carbons (Fsp3) is 0.474. The van der Waals surface area contributed by atoms with Crippen LogP contribution in [0, 0.1) is 0 Å². The molecule has 0 radical (unpaired) electrons. The standard InChI is InChI=1S/C19H23NO4/c1-12(2)20(7-6-19(22)23)18(21)10-15-11-24-17-9-14-5-3-4-13(14)8-16(15)17/h8-9,11-12H,3-7,10H2,1-2H3,(H,22,23). The van der Waals surface area contributed by atoms with Crippen LogP contribution in [0.15, 0.2) is 22.8 Å². The molecular formula is C19H23NO4. The molecule has 1 heterocycles. The molecule has 3 rings (SSSR count). The molecule has 0 atom stereocenters. The zero-order valence-corrected chi connectivity index (χ0v) is 14.2. The summed E-state index contributed by atoms with van der Waals surface area (Å²) < 4.78 is 5.65. The maximum Gasteiger partial charge on any atom is 0.305 e. The first kappa shape index (κ1) is 16.6. The number of aliphatic carboxylic acids is 1. The molecule has 0 aliphatic heterocycles. The number of aryl methyl sites for hydroxylation is 2. The van der Waals surface area contributed by atoms with Crippen LogP contribution in [0.4, 0.5) is 0 Å². The molecule has 5 heteroatoms. The molecule has 1 amide bonds. The van der Waals surface area contributed by atoms with E-state index in [-0.39, 0.29) is 31.3 Å². The maximum atomic E-state index is 12.6. The lowest BCUT2D eigenvalue weighted by Crippen LogP contribution is -2.39. The summed E-state index contributed by atoms with van der Waals surface area (Å²) in [6, 6.07) is 4.22. The monoisotopic (exact) mass is 329 g/mol. The van der Waals surface area contributed by atoms with Gasteiger partial charge in [-0.3, -0.25) is 9.59 Å². The lowest BCUT2D eigenvalue weighted by atomic mass is 10.0. The lowest BCUT2D eigenvalue weighted by Gasteiger charge is -2.26. The SMILES string of the molecule is CC(C)N(CCC(=O)O)C(=O)Cc1coc2cc3c(cc12)CCC3. The van der Waals surface area contributed by atoms with Gasteiger partial charge in [0.05, 0.1) is 19.1 Å². The third-order valence-corrected chi connectivity index (χ3v) is 4.72. The molecule has 0 unspecified atom stereocenters. The quantitative estimate of drug-likeness (QED) is 0.883. The Kier molecular flexibility index (Phi) is 4.60. The summed E-state index contributed by atoms with van der Waals surface area (Å²) in [5, 5.41) is 9.87. The van der Waals surface area contributed by atoms with E-state index in [1.807, 2.05) is 13.8 Å². The van der Waals surface area contributed by atoms with Crippen LogP contribution < -0.4 is 0 Å². The predicted molar refractivity (Wildman–Crippen MR) is 91.0 cm³/mol. The van der Waals surface area contributed by atoms with Crippen LogP contribution in [0.25, 0.3) is 11.0 Å². The average molecular weight is 329 g/mol. The number of carbonyl (C=O) groups excluding carboxylic acids is 1. The normalized spacial score (nSPS) is 13.5. The highest BCUT2D eigenvalue weighted by atomic mass is 16.4. The van der Waals surface area contributed by atoms with Crippen molar-refractivity contribution in [2.75, 3.05) is 6.54 Å². The number of carboxylic acids is 1. The first-order valence-electron chi connectivity index (χ1n) is 8.49. The van der Waals surface area contributed by atoms with Gasteiger partial charge in [0.15, 0.2) is 0 Å². The van der Waals surface area contributed by atoms with Crippen LogP contribution in [-0.4, -0.2) is 34.5 Å².